The Kier molecular flexibility index (Phi) is 3.50. The van der Waals surface area contributed by atoms with Crippen LogP contribution >= 0.6 is 0 Å². The van der Waals surface area contributed by atoms with Crippen LogP contribution in [-0.4, -0.2) is 29.6 Å². The van der Waals surface area contributed by atoms with Crippen LogP contribution in [0.15, 0.2) is 54.3 Å². The fourth-order valence-electron chi connectivity index (χ4n) is 3.29. The van der Waals surface area contributed by atoms with E-state index < -0.39 is 0 Å². The molecule has 0 bridgehead atoms. The summed E-state index contributed by atoms with van der Waals surface area (Å²) in [7, 11) is 1.62. The summed E-state index contributed by atoms with van der Waals surface area (Å²) in [6.07, 6.45) is 0. The summed E-state index contributed by atoms with van der Waals surface area (Å²) >= 11 is 0. The first-order chi connectivity index (χ1) is 12.1. The molecule has 0 spiro atoms. The number of fused-ring (bicyclic) bond motifs is 1. The number of nitrogens with one attached hydrogen (secondary N) is 2. The van der Waals surface area contributed by atoms with E-state index in [4.69, 9.17) is 10.1 Å². The van der Waals surface area contributed by atoms with Crippen LogP contribution in [0.1, 0.15) is 11.3 Å². The molecule has 0 fully saturated rings. The molecule has 4 rings (SSSR count). The molecule has 0 amide bonds. The second kappa shape index (κ2) is 5.70. The number of aliphatic hydroxyl groups excluding tert-OH is 1. The fourth-order valence-corrected chi connectivity index (χ4v) is 3.29. The van der Waals surface area contributed by atoms with E-state index in [9.17, 15) is 5.11 Å². The van der Waals surface area contributed by atoms with E-state index in [-0.39, 0.29) is 18.1 Å². The highest BCUT2D eigenvalue weighted by atomic mass is 16.5. The molecule has 0 aliphatic carbocycles. The second-order valence-electron chi connectivity index (χ2n) is 6.24. The summed E-state index contributed by atoms with van der Waals surface area (Å²) in [6, 6.07) is 15.7. The van der Waals surface area contributed by atoms with Gasteiger partial charge in [0.1, 0.15) is 17.3 Å². The molecule has 3 aromatic rings. The van der Waals surface area contributed by atoms with Gasteiger partial charge in [0.15, 0.2) is 0 Å². The van der Waals surface area contributed by atoms with Gasteiger partial charge in [-0.2, -0.15) is 0 Å². The van der Waals surface area contributed by atoms with E-state index in [0.717, 1.165) is 33.6 Å². The van der Waals surface area contributed by atoms with E-state index in [1.165, 1.54) is 0 Å². The largest absolute Gasteiger partial charge is 0.510 e. The standard InChI is InChI=1S/C20H19N3O2/c1-12-7-14(10-15(8-12)25-2)23-11-18(24)19(20(23)21)17-9-13-5-3-4-6-16(13)22-17/h3-10,21-22,24H,11H2,1-2H3. The number of anilines is 1. The third-order valence-electron chi connectivity index (χ3n) is 4.49. The molecule has 0 radical (unpaired) electrons. The summed E-state index contributed by atoms with van der Waals surface area (Å²) in [5.41, 5.74) is 4.16. The zero-order valence-electron chi connectivity index (χ0n) is 14.1. The van der Waals surface area contributed by atoms with Crippen LogP contribution in [0.2, 0.25) is 0 Å². The van der Waals surface area contributed by atoms with Gasteiger partial charge in [-0.1, -0.05) is 18.2 Å². The van der Waals surface area contributed by atoms with Gasteiger partial charge in [0.2, 0.25) is 0 Å². The quantitative estimate of drug-likeness (QED) is 0.671. The van der Waals surface area contributed by atoms with E-state index in [0.29, 0.717) is 5.57 Å². The Labute approximate surface area is 145 Å². The number of rotatable bonds is 3. The average Bonchev–Trinajstić information content (AvgIpc) is 3.14. The Bertz CT molecular complexity index is 984. The lowest BCUT2D eigenvalue weighted by Crippen LogP contribution is -2.26. The SMILES string of the molecule is COc1cc(C)cc(N2CC(O)=C(c3cc4ccccc4[nH]3)C2=N)c1. The molecular formula is C20H19N3O2. The van der Waals surface area contributed by atoms with Crippen molar-refractivity contribution in [1.29, 1.82) is 5.41 Å². The number of aliphatic hydroxyl groups is 1. The van der Waals surface area contributed by atoms with E-state index >= 15 is 0 Å². The minimum atomic E-state index is 0.192. The lowest BCUT2D eigenvalue weighted by molar-refractivity contribution is 0.410. The smallest absolute Gasteiger partial charge is 0.138 e. The highest BCUT2D eigenvalue weighted by Gasteiger charge is 2.30. The molecule has 5 nitrogen and oxygen atoms in total. The maximum Gasteiger partial charge on any atom is 0.138 e. The number of para-hydroxylation sites is 1. The molecule has 126 valence electrons. The van der Waals surface area contributed by atoms with Gasteiger partial charge in [0, 0.05) is 22.7 Å². The second-order valence-corrected chi connectivity index (χ2v) is 6.24. The van der Waals surface area contributed by atoms with Crippen molar-refractivity contribution < 1.29 is 9.84 Å². The van der Waals surface area contributed by atoms with E-state index in [1.807, 2.05) is 55.5 Å². The van der Waals surface area contributed by atoms with Crippen LogP contribution in [0.3, 0.4) is 0 Å². The van der Waals surface area contributed by atoms with E-state index in [1.54, 1.807) is 12.0 Å². The highest BCUT2D eigenvalue weighted by Crippen LogP contribution is 2.34. The Hall–Kier alpha value is -3.21. The molecule has 3 N–H and O–H groups in total. The van der Waals surface area contributed by atoms with Gasteiger partial charge in [-0.25, -0.2) is 0 Å². The zero-order valence-corrected chi connectivity index (χ0v) is 14.1. The molecule has 0 saturated heterocycles. The highest BCUT2D eigenvalue weighted by molar-refractivity contribution is 6.31. The van der Waals surface area contributed by atoms with Gasteiger partial charge in [0.05, 0.1) is 24.9 Å². The normalized spacial score (nSPS) is 14.6. The summed E-state index contributed by atoms with van der Waals surface area (Å²) in [5, 5.41) is 20.2. The van der Waals surface area contributed by atoms with Crippen LogP contribution in [0, 0.1) is 12.3 Å². The number of aromatic amines is 1. The molecular weight excluding hydrogens is 314 g/mol. The number of aromatic nitrogens is 1. The van der Waals surface area contributed by atoms with Crippen LogP contribution in [0.25, 0.3) is 16.5 Å². The number of nitrogens with zero attached hydrogens (tertiary/aromatic N) is 1. The topological polar surface area (TPSA) is 72.3 Å². The first-order valence-electron chi connectivity index (χ1n) is 8.09. The summed E-state index contributed by atoms with van der Waals surface area (Å²) < 4.78 is 5.33. The Balaban J connectivity index is 1.73. The summed E-state index contributed by atoms with van der Waals surface area (Å²) in [4.78, 5) is 5.08. The fraction of sp³-hybridized carbons (Fsp3) is 0.150. The number of H-pyrrole nitrogens is 1. The van der Waals surface area contributed by atoms with Crippen molar-refractivity contribution in [3.63, 3.8) is 0 Å². The number of methoxy groups -OCH3 is 1. The average molecular weight is 333 g/mol. The molecule has 1 aliphatic heterocycles. The molecule has 25 heavy (non-hydrogen) atoms. The van der Waals surface area contributed by atoms with Crippen molar-refractivity contribution in [3.05, 3.63) is 65.5 Å². The van der Waals surface area contributed by atoms with Gasteiger partial charge in [-0.15, -0.1) is 0 Å². The summed E-state index contributed by atoms with van der Waals surface area (Å²) in [5.74, 6) is 1.20. The number of aryl methyl sites for hydroxylation is 1. The summed E-state index contributed by atoms with van der Waals surface area (Å²) in [6.45, 7) is 2.26. The maximum absolute atomic E-state index is 10.5. The van der Waals surface area contributed by atoms with Crippen LogP contribution < -0.4 is 9.64 Å². The lowest BCUT2D eigenvalue weighted by Gasteiger charge is -2.20. The number of benzene rings is 2. The van der Waals surface area contributed by atoms with Gasteiger partial charge >= 0.3 is 0 Å². The molecule has 2 heterocycles. The molecule has 0 saturated carbocycles. The third kappa shape index (κ3) is 2.54. The van der Waals surface area contributed by atoms with E-state index in [2.05, 4.69) is 4.98 Å². The van der Waals surface area contributed by atoms with Crippen molar-refractivity contribution in [2.24, 2.45) is 0 Å². The predicted molar refractivity (Wildman–Crippen MR) is 101 cm³/mol. The molecule has 0 atom stereocenters. The van der Waals surface area contributed by atoms with Crippen molar-refractivity contribution in [2.45, 2.75) is 6.92 Å². The number of ether oxygens (including phenoxy) is 1. The minimum Gasteiger partial charge on any atom is -0.510 e. The van der Waals surface area contributed by atoms with Gasteiger partial charge < -0.3 is 19.7 Å². The Morgan fingerprint density at radius 2 is 1.96 bits per heavy atom. The van der Waals surface area contributed by atoms with Crippen molar-refractivity contribution in [1.82, 2.24) is 4.98 Å². The molecule has 1 aromatic heterocycles. The predicted octanol–water partition coefficient (Wildman–Crippen LogP) is 4.25. The van der Waals surface area contributed by atoms with Crippen LogP contribution in [0.4, 0.5) is 5.69 Å². The first-order valence-corrected chi connectivity index (χ1v) is 8.09. The minimum absolute atomic E-state index is 0.192. The number of hydrogen-bond donors (Lipinski definition) is 3. The number of amidine groups is 1. The van der Waals surface area contributed by atoms with Crippen molar-refractivity contribution in [2.75, 3.05) is 18.6 Å². The molecule has 1 aliphatic rings. The van der Waals surface area contributed by atoms with Gasteiger partial charge in [-0.3, -0.25) is 5.41 Å². The molecule has 0 unspecified atom stereocenters. The van der Waals surface area contributed by atoms with Crippen molar-refractivity contribution >= 4 is 28.0 Å². The van der Waals surface area contributed by atoms with Crippen LogP contribution in [-0.2, 0) is 0 Å². The Morgan fingerprint density at radius 3 is 2.72 bits per heavy atom. The number of hydrogen-bond acceptors (Lipinski definition) is 3. The lowest BCUT2D eigenvalue weighted by atomic mass is 10.1. The van der Waals surface area contributed by atoms with Gasteiger partial charge in [-0.05, 0) is 36.8 Å². The zero-order chi connectivity index (χ0) is 17.6. The van der Waals surface area contributed by atoms with Crippen LogP contribution in [0.5, 0.6) is 5.75 Å². The molecule has 2 aromatic carbocycles. The third-order valence-corrected chi connectivity index (χ3v) is 4.49. The monoisotopic (exact) mass is 333 g/mol. The van der Waals surface area contributed by atoms with Crippen molar-refractivity contribution in [3.8, 4) is 5.75 Å². The maximum atomic E-state index is 10.5. The Morgan fingerprint density at radius 1 is 1.16 bits per heavy atom. The van der Waals surface area contributed by atoms with Gasteiger partial charge in [0.25, 0.3) is 0 Å². The first kappa shape index (κ1) is 15.3. The molecule has 5 heteroatoms.